The highest BCUT2D eigenvalue weighted by Gasteiger charge is 2.45. The van der Waals surface area contributed by atoms with Gasteiger partial charge in [0.15, 0.2) is 0 Å². The molecule has 186 valence electrons. The number of carbonyl (C=O) groups is 4. The second-order valence-electron chi connectivity index (χ2n) is 9.53. The molecule has 0 heterocycles. The van der Waals surface area contributed by atoms with Crippen molar-refractivity contribution in [3.63, 3.8) is 0 Å². The monoisotopic (exact) mass is 481 g/mol. The molecule has 10 nitrogen and oxygen atoms in total. The Labute approximate surface area is 203 Å². The Morgan fingerprint density at radius 1 is 0.914 bits per heavy atom. The maximum atomic E-state index is 13.5. The van der Waals surface area contributed by atoms with E-state index in [1.54, 1.807) is 57.2 Å². The van der Waals surface area contributed by atoms with Gasteiger partial charge in [-0.25, -0.2) is 10.6 Å². The van der Waals surface area contributed by atoms with Gasteiger partial charge >= 0.3 is 6.09 Å². The molecule has 0 spiro atoms. The van der Waals surface area contributed by atoms with Crippen molar-refractivity contribution in [1.82, 2.24) is 10.7 Å². The fraction of sp³-hybridized carbons (Fsp3) is 0.360. The summed E-state index contributed by atoms with van der Waals surface area (Å²) in [5.74, 6) is 3.97. The molecule has 0 saturated heterocycles. The molecule has 3 rings (SSSR count). The number of hydrogen-bond acceptors (Lipinski definition) is 6. The summed E-state index contributed by atoms with van der Waals surface area (Å²) in [6.45, 7) is 5.33. The largest absolute Gasteiger partial charge is 0.444 e. The molecule has 4 amide bonds. The van der Waals surface area contributed by atoms with Crippen LogP contribution in [0.2, 0.25) is 0 Å². The van der Waals surface area contributed by atoms with Gasteiger partial charge in [-0.2, -0.15) is 0 Å². The van der Waals surface area contributed by atoms with Crippen LogP contribution in [0.5, 0.6) is 0 Å². The number of primary amides is 2. The molecule has 1 aliphatic rings. The summed E-state index contributed by atoms with van der Waals surface area (Å²) in [6, 6.07) is 9.83. The summed E-state index contributed by atoms with van der Waals surface area (Å²) in [6.07, 6.45) is 0.458. The SMILES string of the molecule is CC(C)(C)OC(=O)NCCC1(C(=O)NN)c2ccc(C(N)=O)cc2CCc2cc(C(N)=O)ccc21. The van der Waals surface area contributed by atoms with Crippen LogP contribution in [0.15, 0.2) is 36.4 Å². The second-order valence-corrected chi connectivity index (χ2v) is 9.53. The number of fused-ring (bicyclic) bond motifs is 2. The van der Waals surface area contributed by atoms with Gasteiger partial charge in [0.05, 0.1) is 0 Å². The van der Waals surface area contributed by atoms with Gasteiger partial charge in [0.25, 0.3) is 0 Å². The van der Waals surface area contributed by atoms with Crippen LogP contribution >= 0.6 is 0 Å². The number of hydrazine groups is 1. The van der Waals surface area contributed by atoms with Crippen molar-refractivity contribution in [2.24, 2.45) is 17.3 Å². The van der Waals surface area contributed by atoms with Crippen molar-refractivity contribution in [3.05, 3.63) is 69.8 Å². The van der Waals surface area contributed by atoms with E-state index in [2.05, 4.69) is 10.7 Å². The topological polar surface area (TPSA) is 180 Å². The van der Waals surface area contributed by atoms with Crippen LogP contribution in [0.1, 0.15) is 70.2 Å². The lowest BCUT2D eigenvalue weighted by Crippen LogP contribution is -2.50. The summed E-state index contributed by atoms with van der Waals surface area (Å²) < 4.78 is 5.32. The average Bonchev–Trinajstić information content (AvgIpc) is 2.92. The molecule has 0 aromatic heterocycles. The molecular formula is C25H31N5O5. The molecule has 2 aromatic carbocycles. The van der Waals surface area contributed by atoms with Crippen LogP contribution in [-0.2, 0) is 27.8 Å². The third-order valence-electron chi connectivity index (χ3n) is 6.05. The number of amides is 4. The minimum Gasteiger partial charge on any atom is -0.444 e. The number of aryl methyl sites for hydroxylation is 2. The van der Waals surface area contributed by atoms with E-state index in [4.69, 9.17) is 22.0 Å². The van der Waals surface area contributed by atoms with Gasteiger partial charge < -0.3 is 21.5 Å². The van der Waals surface area contributed by atoms with E-state index in [-0.39, 0.29) is 13.0 Å². The molecular weight excluding hydrogens is 450 g/mol. The number of hydrogen-bond donors (Lipinski definition) is 5. The Morgan fingerprint density at radius 2 is 1.40 bits per heavy atom. The lowest BCUT2D eigenvalue weighted by Gasteiger charge is -2.35. The molecule has 0 aliphatic heterocycles. The Bertz CT molecular complexity index is 1120. The Kier molecular flexibility index (Phi) is 7.16. The van der Waals surface area contributed by atoms with Crippen LogP contribution in [-0.4, -0.2) is 36.0 Å². The van der Waals surface area contributed by atoms with Crippen LogP contribution < -0.4 is 28.1 Å². The molecule has 1 aliphatic carbocycles. The predicted molar refractivity (Wildman–Crippen MR) is 129 cm³/mol. The molecule has 0 saturated carbocycles. The highest BCUT2D eigenvalue weighted by molar-refractivity contribution is 5.97. The van der Waals surface area contributed by atoms with Gasteiger partial charge in [0.2, 0.25) is 17.7 Å². The summed E-state index contributed by atoms with van der Waals surface area (Å²) in [4.78, 5) is 49.5. The number of carbonyl (C=O) groups excluding carboxylic acids is 4. The smallest absolute Gasteiger partial charge is 0.407 e. The summed E-state index contributed by atoms with van der Waals surface area (Å²) in [5.41, 5.74) is 14.6. The number of ether oxygens (including phenoxy) is 1. The first-order valence-electron chi connectivity index (χ1n) is 11.2. The maximum absolute atomic E-state index is 13.5. The van der Waals surface area contributed by atoms with Crippen molar-refractivity contribution < 1.29 is 23.9 Å². The van der Waals surface area contributed by atoms with Gasteiger partial charge in [-0.15, -0.1) is 0 Å². The molecule has 35 heavy (non-hydrogen) atoms. The highest BCUT2D eigenvalue weighted by Crippen LogP contribution is 2.43. The molecule has 0 radical (unpaired) electrons. The number of rotatable bonds is 6. The summed E-state index contributed by atoms with van der Waals surface area (Å²) in [7, 11) is 0. The van der Waals surface area contributed by atoms with E-state index in [0.717, 1.165) is 11.1 Å². The van der Waals surface area contributed by atoms with Crippen LogP contribution in [0.4, 0.5) is 4.79 Å². The molecule has 10 heteroatoms. The normalized spacial score (nSPS) is 14.1. The third kappa shape index (κ3) is 5.27. The zero-order valence-corrected chi connectivity index (χ0v) is 20.1. The number of nitrogens with two attached hydrogens (primary N) is 3. The maximum Gasteiger partial charge on any atom is 0.407 e. The van der Waals surface area contributed by atoms with Crippen molar-refractivity contribution in [2.45, 2.75) is 51.0 Å². The minimum atomic E-state index is -1.34. The first-order chi connectivity index (χ1) is 16.4. The average molecular weight is 482 g/mol. The van der Waals surface area contributed by atoms with E-state index in [0.29, 0.717) is 35.1 Å². The minimum absolute atomic E-state index is 0.0797. The fourth-order valence-electron chi connectivity index (χ4n) is 4.57. The lowest BCUT2D eigenvalue weighted by molar-refractivity contribution is -0.125. The van der Waals surface area contributed by atoms with E-state index < -0.39 is 34.8 Å². The molecule has 0 fully saturated rings. The van der Waals surface area contributed by atoms with Crippen molar-refractivity contribution in [3.8, 4) is 0 Å². The zero-order valence-electron chi connectivity index (χ0n) is 20.1. The van der Waals surface area contributed by atoms with Gasteiger partial charge in [0, 0.05) is 17.7 Å². The van der Waals surface area contributed by atoms with E-state index in [9.17, 15) is 19.2 Å². The fourth-order valence-corrected chi connectivity index (χ4v) is 4.57. The van der Waals surface area contributed by atoms with Crippen molar-refractivity contribution in [1.29, 1.82) is 0 Å². The second kappa shape index (κ2) is 9.75. The number of nitrogens with one attached hydrogen (secondary N) is 2. The molecule has 0 atom stereocenters. The van der Waals surface area contributed by atoms with Gasteiger partial charge in [-0.3, -0.25) is 19.8 Å². The highest BCUT2D eigenvalue weighted by atomic mass is 16.6. The van der Waals surface area contributed by atoms with Gasteiger partial charge in [0.1, 0.15) is 11.0 Å². The van der Waals surface area contributed by atoms with Crippen LogP contribution in [0, 0.1) is 0 Å². The van der Waals surface area contributed by atoms with Gasteiger partial charge in [-0.05, 0) is 86.6 Å². The van der Waals surface area contributed by atoms with Crippen molar-refractivity contribution in [2.75, 3.05) is 6.54 Å². The third-order valence-corrected chi connectivity index (χ3v) is 6.05. The summed E-state index contributed by atoms with van der Waals surface area (Å²) >= 11 is 0. The number of alkyl carbamates (subject to hydrolysis) is 1. The van der Waals surface area contributed by atoms with E-state index >= 15 is 0 Å². The first kappa shape index (κ1) is 25.7. The molecule has 8 N–H and O–H groups in total. The molecule has 0 bridgehead atoms. The van der Waals surface area contributed by atoms with E-state index in [1.165, 1.54) is 0 Å². The Morgan fingerprint density at radius 3 is 1.80 bits per heavy atom. The molecule has 0 unspecified atom stereocenters. The van der Waals surface area contributed by atoms with Crippen molar-refractivity contribution >= 4 is 23.8 Å². The first-order valence-corrected chi connectivity index (χ1v) is 11.2. The standard InChI is InChI=1S/C25H31N5O5/c1-24(2,3)35-23(34)29-11-10-25(22(33)30-28)18-8-6-16(20(26)31)12-14(18)4-5-15-13-17(21(27)32)7-9-19(15)25/h6-9,12-13H,4-5,10-11,28H2,1-3H3,(H2,26,31)(H2,27,32)(H,29,34)(H,30,33). The van der Waals surface area contributed by atoms with E-state index in [1.807, 2.05) is 0 Å². The Hall–Kier alpha value is -3.92. The lowest BCUT2D eigenvalue weighted by atomic mass is 9.69. The van der Waals surface area contributed by atoms with Gasteiger partial charge in [-0.1, -0.05) is 12.1 Å². The molecule has 2 aromatic rings. The summed E-state index contributed by atoms with van der Waals surface area (Å²) in [5, 5.41) is 2.70. The zero-order chi connectivity index (χ0) is 26.0. The quantitative estimate of drug-likeness (QED) is 0.235. The number of benzene rings is 2. The Balaban J connectivity index is 2.16. The predicted octanol–water partition coefficient (Wildman–Crippen LogP) is 1.17. The van der Waals surface area contributed by atoms with Crippen LogP contribution in [0.3, 0.4) is 0 Å². The van der Waals surface area contributed by atoms with Crippen LogP contribution in [0.25, 0.3) is 0 Å².